The first-order valence-corrected chi connectivity index (χ1v) is 4.46. The highest BCUT2D eigenvalue weighted by Gasteiger charge is 2.07. The molecule has 0 aliphatic carbocycles. The van der Waals surface area contributed by atoms with Gasteiger partial charge in [0.2, 0.25) is 0 Å². The van der Waals surface area contributed by atoms with Crippen LogP contribution in [0.4, 0.5) is 0 Å². The molecule has 0 bridgehead atoms. The molecule has 0 saturated heterocycles. The summed E-state index contributed by atoms with van der Waals surface area (Å²) in [7, 11) is 3.34. The predicted molar refractivity (Wildman–Crippen MR) is 27.9 cm³/mol. The molecule has 0 aromatic heterocycles. The van der Waals surface area contributed by atoms with Crippen molar-refractivity contribution in [3.8, 4) is 0 Å². The van der Waals surface area contributed by atoms with E-state index in [2.05, 4.69) is 6.92 Å². The molecule has 5 heavy (non-hydrogen) atoms. The van der Waals surface area contributed by atoms with Crippen molar-refractivity contribution in [1.82, 2.24) is 0 Å². The van der Waals surface area contributed by atoms with E-state index in [1.54, 1.807) is 15.7 Å². The second-order valence-electron chi connectivity index (χ2n) is 1.12. The summed E-state index contributed by atoms with van der Waals surface area (Å²) in [6.45, 7) is 2.25. The summed E-state index contributed by atoms with van der Waals surface area (Å²) in [6, 6.07) is 0. The largest absolute Gasteiger partial charge is 0.0638 e. The molecule has 0 nitrogen and oxygen atoms in total. The van der Waals surface area contributed by atoms with E-state index in [4.69, 9.17) is 0 Å². The van der Waals surface area contributed by atoms with Crippen LogP contribution in [0.15, 0.2) is 0 Å². The Morgan fingerprint density at radius 1 is 1.60 bits per heavy atom. The number of hydrogen-bond donors (Lipinski definition) is 0. The second-order valence-corrected chi connectivity index (χ2v) is 4.62. The molecule has 0 radical (unpaired) electrons. The zero-order chi connectivity index (χ0) is 3.70. The first kappa shape index (κ1) is 3.78. The maximum absolute atomic E-state index is 2.25. The van der Waals surface area contributed by atoms with Crippen LogP contribution in [0.5, 0.6) is 0 Å². The van der Waals surface area contributed by atoms with Gasteiger partial charge in [-0.1, -0.05) is 22.7 Å². The fourth-order valence-electron chi connectivity index (χ4n) is 0.210. The third-order valence-electron chi connectivity index (χ3n) is 0.644. The van der Waals surface area contributed by atoms with Crippen molar-refractivity contribution >= 4 is 15.7 Å². The Bertz CT molecular complexity index is 51.9. The fourth-order valence-corrected chi connectivity index (χ4v) is 1.89. The highest BCUT2D eigenvalue weighted by atomic mass is 31.8. The number of hydrogen-bond acceptors (Lipinski definition) is 0. The molecule has 0 aromatic carbocycles. The molecule has 0 aromatic rings. The van der Waals surface area contributed by atoms with E-state index >= 15 is 0 Å². The van der Waals surface area contributed by atoms with Crippen LogP contribution < -0.4 is 0 Å². The summed E-state index contributed by atoms with van der Waals surface area (Å²) in [5.74, 6) is 0. The molecular formula is C3H6P2. The van der Waals surface area contributed by atoms with E-state index in [1.165, 1.54) is 6.42 Å². The number of rotatable bonds is 1. The van der Waals surface area contributed by atoms with E-state index in [9.17, 15) is 0 Å². The van der Waals surface area contributed by atoms with Gasteiger partial charge in [0.05, 0.1) is 5.40 Å². The van der Waals surface area contributed by atoms with Crippen molar-refractivity contribution in [3.63, 3.8) is 0 Å². The van der Waals surface area contributed by atoms with Crippen LogP contribution in [0, 0.1) is 0 Å². The van der Waals surface area contributed by atoms with E-state index in [1.807, 2.05) is 0 Å². The Morgan fingerprint density at radius 2 is 2.20 bits per heavy atom. The smallest absolute Gasteiger partial charge is 0.0505 e. The zero-order valence-corrected chi connectivity index (χ0v) is 4.97. The normalized spacial score (nSPS) is 37.4. The second kappa shape index (κ2) is 1.37. The van der Waals surface area contributed by atoms with Gasteiger partial charge in [0, 0.05) is 0 Å². The molecule has 0 fully saturated rings. The van der Waals surface area contributed by atoms with Gasteiger partial charge in [0.1, 0.15) is 0 Å². The van der Waals surface area contributed by atoms with Crippen LogP contribution in [0.3, 0.4) is 0 Å². The van der Waals surface area contributed by atoms with Gasteiger partial charge >= 0.3 is 0 Å². The zero-order valence-electron chi connectivity index (χ0n) is 3.18. The standard InChI is InChI=1S/C3H6P2/c1-2-3-4-5-3/h3H,2H2,1H3. The summed E-state index contributed by atoms with van der Waals surface area (Å²) < 4.78 is 0. The SMILES string of the molecule is CCC1P=P1. The minimum atomic E-state index is 1.08. The molecule has 1 rings (SSSR count). The van der Waals surface area contributed by atoms with E-state index in [0.29, 0.717) is 0 Å². The Hall–Kier alpha value is 0.600. The van der Waals surface area contributed by atoms with Crippen LogP contribution in [0.2, 0.25) is 0 Å². The van der Waals surface area contributed by atoms with Gasteiger partial charge in [-0.05, 0) is 6.42 Å². The highest BCUT2D eigenvalue weighted by molar-refractivity contribution is 8.02. The Kier molecular flexibility index (Phi) is 1.03. The lowest BCUT2D eigenvalue weighted by Crippen LogP contribution is -1.64. The van der Waals surface area contributed by atoms with Crippen molar-refractivity contribution in [2.24, 2.45) is 0 Å². The van der Waals surface area contributed by atoms with Crippen LogP contribution >= 0.6 is 15.7 Å². The average molecular weight is 104 g/mol. The molecule has 1 aliphatic heterocycles. The van der Waals surface area contributed by atoms with Gasteiger partial charge in [-0.2, -0.15) is 0 Å². The third kappa shape index (κ3) is 0.992. The monoisotopic (exact) mass is 104 g/mol. The van der Waals surface area contributed by atoms with Crippen molar-refractivity contribution in [2.45, 2.75) is 18.7 Å². The molecule has 0 atom stereocenters. The molecule has 0 amide bonds. The van der Waals surface area contributed by atoms with E-state index in [0.717, 1.165) is 5.40 Å². The molecular weight excluding hydrogens is 98.0 g/mol. The van der Waals surface area contributed by atoms with Crippen molar-refractivity contribution < 1.29 is 0 Å². The molecule has 28 valence electrons. The lowest BCUT2D eigenvalue weighted by Gasteiger charge is -1.72. The van der Waals surface area contributed by atoms with Crippen molar-refractivity contribution in [1.29, 1.82) is 0 Å². The maximum Gasteiger partial charge on any atom is 0.0505 e. The quantitative estimate of drug-likeness (QED) is 0.448. The molecule has 0 saturated carbocycles. The maximum atomic E-state index is 2.25. The van der Waals surface area contributed by atoms with Crippen molar-refractivity contribution in [2.75, 3.05) is 0 Å². The molecule has 0 spiro atoms. The summed E-state index contributed by atoms with van der Waals surface area (Å²) >= 11 is 0. The van der Waals surface area contributed by atoms with Gasteiger partial charge in [-0.3, -0.25) is 0 Å². The molecule has 1 aliphatic rings. The average Bonchev–Trinajstić information content (AvgIpc) is 2.12. The van der Waals surface area contributed by atoms with Crippen molar-refractivity contribution in [3.05, 3.63) is 0 Å². The van der Waals surface area contributed by atoms with Crippen LogP contribution in [0.25, 0.3) is 0 Å². The van der Waals surface area contributed by atoms with Gasteiger partial charge in [-0.15, -0.1) is 0 Å². The molecule has 0 unspecified atom stereocenters. The fraction of sp³-hybridized carbons (Fsp3) is 1.00. The van der Waals surface area contributed by atoms with Gasteiger partial charge in [0.15, 0.2) is 0 Å². The van der Waals surface area contributed by atoms with Crippen LogP contribution in [0.1, 0.15) is 13.3 Å². The third-order valence-corrected chi connectivity index (χ3v) is 3.60. The Morgan fingerprint density at radius 3 is 2.20 bits per heavy atom. The first-order valence-electron chi connectivity index (χ1n) is 1.83. The van der Waals surface area contributed by atoms with Crippen LogP contribution in [-0.2, 0) is 0 Å². The van der Waals surface area contributed by atoms with Gasteiger partial charge < -0.3 is 0 Å². The van der Waals surface area contributed by atoms with Gasteiger partial charge in [0.25, 0.3) is 0 Å². The summed E-state index contributed by atoms with van der Waals surface area (Å²) in [4.78, 5) is 0. The first-order chi connectivity index (χ1) is 2.43. The minimum absolute atomic E-state index is 1.08. The molecule has 2 heteroatoms. The predicted octanol–water partition coefficient (Wildman–Crippen LogP) is 2.54. The Labute approximate surface area is 35.4 Å². The topological polar surface area (TPSA) is 0 Å². The minimum Gasteiger partial charge on any atom is -0.0638 e. The van der Waals surface area contributed by atoms with E-state index in [-0.39, 0.29) is 0 Å². The molecule has 1 heterocycles. The molecule has 0 N–H and O–H groups in total. The Balaban J connectivity index is 2.06. The summed E-state index contributed by atoms with van der Waals surface area (Å²) in [5.41, 5.74) is 0. The van der Waals surface area contributed by atoms with E-state index < -0.39 is 0 Å². The highest BCUT2D eigenvalue weighted by Crippen LogP contribution is 2.49. The van der Waals surface area contributed by atoms with Crippen LogP contribution in [-0.4, -0.2) is 5.40 Å². The lowest BCUT2D eigenvalue weighted by atomic mass is 10.6. The summed E-state index contributed by atoms with van der Waals surface area (Å²) in [6.07, 6.45) is 1.39. The summed E-state index contributed by atoms with van der Waals surface area (Å²) in [5, 5.41) is 1.08. The lowest BCUT2D eigenvalue weighted by molar-refractivity contribution is 1.07. The van der Waals surface area contributed by atoms with Gasteiger partial charge in [-0.25, -0.2) is 0 Å².